The lowest BCUT2D eigenvalue weighted by Crippen LogP contribution is -2.53. The van der Waals surface area contributed by atoms with Gasteiger partial charge in [0.1, 0.15) is 5.82 Å². The molecule has 0 unspecified atom stereocenters. The summed E-state index contributed by atoms with van der Waals surface area (Å²) in [6.07, 6.45) is -9.00. The van der Waals surface area contributed by atoms with Gasteiger partial charge in [-0.25, -0.2) is 4.98 Å². The number of aromatic nitrogens is 3. The third-order valence-corrected chi connectivity index (χ3v) is 5.89. The van der Waals surface area contributed by atoms with E-state index in [0.717, 1.165) is 16.7 Å². The molecule has 7 nitrogen and oxygen atoms in total. The van der Waals surface area contributed by atoms with Gasteiger partial charge in [-0.05, 0) is 29.8 Å². The Hall–Kier alpha value is -4.13. The van der Waals surface area contributed by atoms with Gasteiger partial charge in [0.2, 0.25) is 0 Å². The zero-order valence-electron chi connectivity index (χ0n) is 19.8. The molecule has 2 heterocycles. The van der Waals surface area contributed by atoms with Crippen LogP contribution in [-0.4, -0.2) is 46.2 Å². The minimum Gasteiger partial charge on any atom is -0.493 e. The quantitative estimate of drug-likeness (QED) is 0.358. The summed E-state index contributed by atoms with van der Waals surface area (Å²) in [7, 11) is 2.75. The molecule has 0 radical (unpaired) electrons. The van der Waals surface area contributed by atoms with Crippen molar-refractivity contribution in [1.82, 2.24) is 14.5 Å². The van der Waals surface area contributed by atoms with E-state index in [1.54, 1.807) is 12.1 Å². The summed E-state index contributed by atoms with van der Waals surface area (Å²) in [5.74, 6) is 0.624. The number of hydrogen-bond acceptors (Lipinski definition) is 6. The van der Waals surface area contributed by atoms with Crippen LogP contribution >= 0.6 is 0 Å². The van der Waals surface area contributed by atoms with Crippen LogP contribution in [0.15, 0.2) is 65.7 Å². The number of hydrogen-bond donors (Lipinski definition) is 1. The predicted octanol–water partition coefficient (Wildman–Crippen LogP) is 4.70. The summed E-state index contributed by atoms with van der Waals surface area (Å²) in [4.78, 5) is 22.2. The van der Waals surface area contributed by atoms with E-state index in [-0.39, 0.29) is 34.6 Å². The Morgan fingerprint density at radius 1 is 0.921 bits per heavy atom. The number of methoxy groups -OCH3 is 2. The first-order valence-corrected chi connectivity index (χ1v) is 10.8. The number of benzene rings is 2. The number of rotatable bonds is 6. The second kappa shape index (κ2) is 9.63. The summed E-state index contributed by atoms with van der Waals surface area (Å²) in [5.41, 5.74) is -6.44. The Bertz CT molecular complexity index is 1500. The van der Waals surface area contributed by atoms with Crippen LogP contribution in [0.5, 0.6) is 11.5 Å². The van der Waals surface area contributed by atoms with E-state index >= 15 is 0 Å². The van der Waals surface area contributed by atoms with E-state index < -0.39 is 29.1 Å². The lowest BCUT2D eigenvalue weighted by atomic mass is 9.92. The van der Waals surface area contributed by atoms with Crippen molar-refractivity contribution in [2.24, 2.45) is 0 Å². The molecule has 0 spiro atoms. The lowest BCUT2D eigenvalue weighted by molar-refractivity contribution is -0.376. The number of nitrogens with zero attached hydrogens (tertiary/aromatic N) is 3. The molecular formula is C25H19F6N3O4. The highest BCUT2D eigenvalue weighted by Crippen LogP contribution is 2.50. The Labute approximate surface area is 210 Å². The molecule has 2 aromatic carbocycles. The molecule has 0 aliphatic heterocycles. The van der Waals surface area contributed by atoms with Gasteiger partial charge in [0, 0.05) is 30.4 Å². The third-order valence-electron chi connectivity index (χ3n) is 5.89. The standard InChI is InChI=1S/C25H19F6N3O4/c1-37-19-11-17-18(12-20(19)38-2)33-21(10-14-4-3-9-32-13-14)34(22(17)35)16-7-5-15(6-8-16)23(36,24(26,27)28)25(29,30)31/h3-9,11-13,36H,10H2,1-2H3. The monoisotopic (exact) mass is 539 g/mol. The molecule has 38 heavy (non-hydrogen) atoms. The van der Waals surface area contributed by atoms with Crippen molar-refractivity contribution in [2.75, 3.05) is 14.2 Å². The van der Waals surface area contributed by atoms with E-state index in [2.05, 4.69) is 9.97 Å². The first-order valence-electron chi connectivity index (χ1n) is 10.8. The van der Waals surface area contributed by atoms with Gasteiger partial charge in [-0.15, -0.1) is 0 Å². The average molecular weight is 539 g/mol. The summed E-state index contributed by atoms with van der Waals surface area (Å²) in [5, 5.41) is 9.76. The fourth-order valence-electron chi connectivity index (χ4n) is 3.97. The SMILES string of the molecule is COc1cc2nc(Cc3cccnc3)n(-c3ccc(C(O)(C(F)(F)F)C(F)(F)F)cc3)c(=O)c2cc1OC. The molecule has 0 atom stereocenters. The molecule has 0 bridgehead atoms. The Kier molecular flexibility index (Phi) is 6.82. The maximum Gasteiger partial charge on any atom is 0.430 e. The fraction of sp³-hybridized carbons (Fsp3) is 0.240. The summed E-state index contributed by atoms with van der Waals surface area (Å²) < 4.78 is 91.5. The molecule has 1 N–H and O–H groups in total. The van der Waals surface area contributed by atoms with E-state index in [1.807, 2.05) is 0 Å². The normalized spacial score (nSPS) is 12.6. The first kappa shape index (κ1) is 26.9. The van der Waals surface area contributed by atoms with Gasteiger partial charge in [0.25, 0.3) is 11.2 Å². The molecular weight excluding hydrogens is 520 g/mol. The number of ether oxygens (including phenoxy) is 2. The Morgan fingerprint density at radius 2 is 1.53 bits per heavy atom. The van der Waals surface area contributed by atoms with Crippen LogP contribution in [0.4, 0.5) is 26.3 Å². The number of pyridine rings is 1. The first-order chi connectivity index (χ1) is 17.8. The van der Waals surface area contributed by atoms with Gasteiger partial charge >= 0.3 is 12.4 Å². The molecule has 4 rings (SSSR count). The molecule has 0 fully saturated rings. The molecule has 0 saturated heterocycles. The Morgan fingerprint density at radius 3 is 2.05 bits per heavy atom. The van der Waals surface area contributed by atoms with Gasteiger partial charge < -0.3 is 14.6 Å². The summed E-state index contributed by atoms with van der Waals surface area (Å²) in [6.45, 7) is 0. The predicted molar refractivity (Wildman–Crippen MR) is 123 cm³/mol. The maximum atomic E-state index is 13.6. The minimum absolute atomic E-state index is 0.0458. The topological polar surface area (TPSA) is 86.5 Å². The van der Waals surface area contributed by atoms with Crippen LogP contribution in [0.3, 0.4) is 0 Å². The second-order valence-electron chi connectivity index (χ2n) is 8.18. The van der Waals surface area contributed by atoms with Crippen LogP contribution in [-0.2, 0) is 12.0 Å². The zero-order chi connectivity index (χ0) is 27.9. The molecule has 200 valence electrons. The van der Waals surface area contributed by atoms with Crippen molar-refractivity contribution in [3.05, 3.63) is 88.2 Å². The highest BCUT2D eigenvalue weighted by Gasteiger charge is 2.71. The molecule has 2 aromatic heterocycles. The second-order valence-corrected chi connectivity index (χ2v) is 8.18. The van der Waals surface area contributed by atoms with Gasteiger partial charge in [0.05, 0.1) is 30.8 Å². The van der Waals surface area contributed by atoms with Gasteiger partial charge in [-0.2, -0.15) is 26.3 Å². The van der Waals surface area contributed by atoms with Crippen molar-refractivity contribution in [3.63, 3.8) is 0 Å². The highest BCUT2D eigenvalue weighted by molar-refractivity contribution is 5.82. The van der Waals surface area contributed by atoms with E-state index in [1.165, 1.54) is 38.7 Å². The Balaban J connectivity index is 1.95. The lowest BCUT2D eigenvalue weighted by Gasteiger charge is -2.32. The molecule has 0 aliphatic rings. The maximum absolute atomic E-state index is 13.6. The zero-order valence-corrected chi connectivity index (χ0v) is 19.8. The van der Waals surface area contributed by atoms with Gasteiger partial charge in [-0.3, -0.25) is 14.3 Å². The number of fused-ring (bicyclic) bond motifs is 1. The van der Waals surface area contributed by atoms with Crippen molar-refractivity contribution < 1.29 is 40.9 Å². The van der Waals surface area contributed by atoms with Crippen molar-refractivity contribution >= 4 is 10.9 Å². The molecule has 0 amide bonds. The molecule has 13 heteroatoms. The van der Waals surface area contributed by atoms with Crippen molar-refractivity contribution in [3.8, 4) is 17.2 Å². The third kappa shape index (κ3) is 4.53. The largest absolute Gasteiger partial charge is 0.493 e. The molecule has 0 saturated carbocycles. The number of aliphatic hydroxyl groups is 1. The average Bonchev–Trinajstić information content (AvgIpc) is 2.87. The van der Waals surface area contributed by atoms with Crippen LogP contribution in [0, 0.1) is 0 Å². The van der Waals surface area contributed by atoms with E-state index in [9.17, 15) is 36.2 Å². The summed E-state index contributed by atoms with van der Waals surface area (Å²) >= 11 is 0. The van der Waals surface area contributed by atoms with E-state index in [0.29, 0.717) is 23.4 Å². The van der Waals surface area contributed by atoms with Crippen molar-refractivity contribution in [2.45, 2.75) is 24.4 Å². The van der Waals surface area contributed by atoms with E-state index in [4.69, 9.17) is 9.47 Å². The smallest absolute Gasteiger partial charge is 0.430 e. The minimum atomic E-state index is -6.05. The van der Waals surface area contributed by atoms with Crippen LogP contribution in [0.1, 0.15) is 17.0 Å². The summed E-state index contributed by atoms with van der Waals surface area (Å²) in [6, 6.07) is 8.89. The van der Waals surface area contributed by atoms with Crippen LogP contribution in [0.25, 0.3) is 16.6 Å². The molecule has 0 aliphatic carbocycles. The van der Waals surface area contributed by atoms with Crippen molar-refractivity contribution in [1.29, 1.82) is 0 Å². The van der Waals surface area contributed by atoms with Gasteiger partial charge in [0.15, 0.2) is 11.5 Å². The van der Waals surface area contributed by atoms with Crippen LogP contribution < -0.4 is 15.0 Å². The highest BCUT2D eigenvalue weighted by atomic mass is 19.4. The fourth-order valence-corrected chi connectivity index (χ4v) is 3.97. The molecule has 4 aromatic rings. The van der Waals surface area contributed by atoms with Crippen LogP contribution in [0.2, 0.25) is 0 Å². The van der Waals surface area contributed by atoms with Gasteiger partial charge in [-0.1, -0.05) is 18.2 Å². The number of alkyl halides is 6. The number of halogens is 6.